The van der Waals surface area contributed by atoms with Crippen molar-refractivity contribution < 1.29 is 0 Å². The number of hydrogen-bond acceptors (Lipinski definition) is 3. The second kappa shape index (κ2) is 4.77. The van der Waals surface area contributed by atoms with Gasteiger partial charge in [0.05, 0.1) is 6.20 Å². The maximum Gasteiger partial charge on any atom is 0.0534 e. The minimum Gasteiger partial charge on any atom is -0.311 e. The molecule has 2 heterocycles. The van der Waals surface area contributed by atoms with Crippen molar-refractivity contribution in [3.8, 4) is 0 Å². The lowest BCUT2D eigenvalue weighted by Crippen LogP contribution is -2.35. The fourth-order valence-electron chi connectivity index (χ4n) is 2.18. The van der Waals surface area contributed by atoms with Gasteiger partial charge < -0.3 is 10.2 Å². The topological polar surface area (TPSA) is 33.1 Å². The predicted molar refractivity (Wildman–Crippen MR) is 60.6 cm³/mol. The van der Waals surface area contributed by atoms with Gasteiger partial charge in [0.15, 0.2) is 0 Å². The first-order chi connectivity index (χ1) is 7.25. The van der Waals surface area contributed by atoms with Gasteiger partial charge in [0, 0.05) is 37.9 Å². The van der Waals surface area contributed by atoms with Crippen molar-refractivity contribution in [2.45, 2.75) is 25.4 Å². The summed E-state index contributed by atoms with van der Waals surface area (Å²) in [4.78, 5) is 2.44. The van der Waals surface area contributed by atoms with Crippen LogP contribution in [0.3, 0.4) is 0 Å². The zero-order chi connectivity index (χ0) is 10.7. The summed E-state index contributed by atoms with van der Waals surface area (Å²) in [6.45, 7) is 3.27. The van der Waals surface area contributed by atoms with Crippen LogP contribution in [-0.2, 0) is 13.6 Å². The van der Waals surface area contributed by atoms with E-state index in [-0.39, 0.29) is 0 Å². The van der Waals surface area contributed by atoms with Gasteiger partial charge in [-0.05, 0) is 26.4 Å². The molecule has 1 atom stereocenters. The van der Waals surface area contributed by atoms with Crippen LogP contribution in [-0.4, -0.2) is 40.9 Å². The molecule has 2 rings (SSSR count). The average molecular weight is 208 g/mol. The second-order valence-electron chi connectivity index (χ2n) is 4.43. The molecule has 1 unspecified atom stereocenters. The normalized spacial score (nSPS) is 22.4. The van der Waals surface area contributed by atoms with E-state index in [2.05, 4.69) is 28.6 Å². The fourth-order valence-corrected chi connectivity index (χ4v) is 2.18. The smallest absolute Gasteiger partial charge is 0.0534 e. The maximum atomic E-state index is 4.15. The molecule has 84 valence electrons. The molecular formula is C11H20N4. The molecule has 1 aliphatic rings. The summed E-state index contributed by atoms with van der Waals surface area (Å²) in [5, 5.41) is 7.64. The number of likely N-dealkylation sites (tertiary alicyclic amines) is 1. The van der Waals surface area contributed by atoms with Gasteiger partial charge in [0.1, 0.15) is 0 Å². The Kier molecular flexibility index (Phi) is 3.38. The van der Waals surface area contributed by atoms with E-state index in [4.69, 9.17) is 0 Å². The molecule has 1 aromatic rings. The van der Waals surface area contributed by atoms with Crippen LogP contribution >= 0.6 is 0 Å². The van der Waals surface area contributed by atoms with Gasteiger partial charge in [-0.1, -0.05) is 0 Å². The SMILES string of the molecule is CN1CCCC1CNCc1cnn(C)c1. The Balaban J connectivity index is 1.70. The zero-order valence-corrected chi connectivity index (χ0v) is 9.61. The van der Waals surface area contributed by atoms with Crippen molar-refractivity contribution in [3.63, 3.8) is 0 Å². The van der Waals surface area contributed by atoms with Crippen LogP contribution in [0.1, 0.15) is 18.4 Å². The van der Waals surface area contributed by atoms with Crippen LogP contribution in [0.25, 0.3) is 0 Å². The molecule has 0 radical (unpaired) electrons. The highest BCUT2D eigenvalue weighted by Crippen LogP contribution is 2.13. The van der Waals surface area contributed by atoms with Gasteiger partial charge in [0.2, 0.25) is 0 Å². The van der Waals surface area contributed by atoms with E-state index in [0.29, 0.717) is 0 Å². The summed E-state index contributed by atoms with van der Waals surface area (Å²) in [6, 6.07) is 0.724. The van der Waals surface area contributed by atoms with E-state index in [9.17, 15) is 0 Å². The molecule has 1 aromatic heterocycles. The van der Waals surface area contributed by atoms with Gasteiger partial charge in [-0.25, -0.2) is 0 Å². The Labute approximate surface area is 91.3 Å². The first-order valence-corrected chi connectivity index (χ1v) is 5.64. The third kappa shape index (κ3) is 2.79. The molecule has 4 heteroatoms. The standard InChI is InChI=1S/C11H20N4/c1-14-5-3-4-11(14)8-12-6-10-7-13-15(2)9-10/h7,9,11-12H,3-6,8H2,1-2H3. The van der Waals surface area contributed by atoms with E-state index in [0.717, 1.165) is 19.1 Å². The monoisotopic (exact) mass is 208 g/mol. The molecule has 0 aliphatic carbocycles. The third-order valence-corrected chi connectivity index (χ3v) is 3.14. The minimum atomic E-state index is 0.724. The molecule has 1 N–H and O–H groups in total. The summed E-state index contributed by atoms with van der Waals surface area (Å²) >= 11 is 0. The summed E-state index contributed by atoms with van der Waals surface area (Å²) in [7, 11) is 4.16. The highest BCUT2D eigenvalue weighted by atomic mass is 15.2. The molecule has 0 aromatic carbocycles. The lowest BCUT2D eigenvalue weighted by molar-refractivity contribution is 0.300. The molecule has 1 aliphatic heterocycles. The quantitative estimate of drug-likeness (QED) is 0.787. The van der Waals surface area contributed by atoms with E-state index < -0.39 is 0 Å². The van der Waals surface area contributed by atoms with Gasteiger partial charge in [0.25, 0.3) is 0 Å². The second-order valence-corrected chi connectivity index (χ2v) is 4.43. The molecule has 1 saturated heterocycles. The Morgan fingerprint density at radius 3 is 3.00 bits per heavy atom. The number of aromatic nitrogens is 2. The Bertz CT molecular complexity index is 307. The number of aryl methyl sites for hydroxylation is 1. The minimum absolute atomic E-state index is 0.724. The number of nitrogens with zero attached hydrogens (tertiary/aromatic N) is 3. The van der Waals surface area contributed by atoms with Crippen LogP contribution in [0.2, 0.25) is 0 Å². The van der Waals surface area contributed by atoms with Crippen molar-refractivity contribution in [1.82, 2.24) is 20.0 Å². The molecule has 0 bridgehead atoms. The maximum absolute atomic E-state index is 4.15. The molecule has 1 fully saturated rings. The lowest BCUT2D eigenvalue weighted by atomic mass is 10.2. The van der Waals surface area contributed by atoms with Crippen molar-refractivity contribution in [1.29, 1.82) is 0 Å². The van der Waals surface area contributed by atoms with Crippen LogP contribution in [0, 0.1) is 0 Å². The summed E-state index contributed by atoms with van der Waals surface area (Å²) in [6.07, 6.45) is 6.66. The third-order valence-electron chi connectivity index (χ3n) is 3.14. The largest absolute Gasteiger partial charge is 0.311 e. The highest BCUT2D eigenvalue weighted by Gasteiger charge is 2.19. The highest BCUT2D eigenvalue weighted by molar-refractivity contribution is 5.02. The summed E-state index contributed by atoms with van der Waals surface area (Å²) in [5.41, 5.74) is 1.26. The first kappa shape index (κ1) is 10.6. The predicted octanol–water partition coefficient (Wildman–Crippen LogP) is 0.604. The van der Waals surface area contributed by atoms with Gasteiger partial charge in [-0.2, -0.15) is 5.10 Å². The Hall–Kier alpha value is -0.870. The number of likely N-dealkylation sites (N-methyl/N-ethyl adjacent to an activating group) is 1. The molecule has 0 amide bonds. The average Bonchev–Trinajstić information content (AvgIpc) is 2.77. The Morgan fingerprint density at radius 1 is 1.53 bits per heavy atom. The zero-order valence-electron chi connectivity index (χ0n) is 9.61. The number of rotatable bonds is 4. The number of hydrogen-bond donors (Lipinski definition) is 1. The van der Waals surface area contributed by atoms with Crippen molar-refractivity contribution in [3.05, 3.63) is 18.0 Å². The van der Waals surface area contributed by atoms with Crippen molar-refractivity contribution >= 4 is 0 Å². The number of nitrogens with one attached hydrogen (secondary N) is 1. The van der Waals surface area contributed by atoms with E-state index in [1.54, 1.807) is 0 Å². The van der Waals surface area contributed by atoms with E-state index in [1.165, 1.54) is 24.9 Å². The van der Waals surface area contributed by atoms with E-state index in [1.807, 2.05) is 17.9 Å². The fraction of sp³-hybridized carbons (Fsp3) is 0.727. The van der Waals surface area contributed by atoms with Crippen molar-refractivity contribution in [2.24, 2.45) is 7.05 Å². The summed E-state index contributed by atoms with van der Waals surface area (Å²) < 4.78 is 1.85. The molecule has 4 nitrogen and oxygen atoms in total. The van der Waals surface area contributed by atoms with Crippen LogP contribution in [0.15, 0.2) is 12.4 Å². The van der Waals surface area contributed by atoms with Crippen LogP contribution < -0.4 is 5.32 Å². The Morgan fingerprint density at radius 2 is 2.40 bits per heavy atom. The van der Waals surface area contributed by atoms with E-state index >= 15 is 0 Å². The first-order valence-electron chi connectivity index (χ1n) is 5.64. The van der Waals surface area contributed by atoms with Gasteiger partial charge >= 0.3 is 0 Å². The van der Waals surface area contributed by atoms with Gasteiger partial charge in [-0.3, -0.25) is 4.68 Å². The molecular weight excluding hydrogens is 188 g/mol. The van der Waals surface area contributed by atoms with Crippen LogP contribution in [0.5, 0.6) is 0 Å². The van der Waals surface area contributed by atoms with Gasteiger partial charge in [-0.15, -0.1) is 0 Å². The summed E-state index contributed by atoms with van der Waals surface area (Å²) in [5.74, 6) is 0. The molecule has 15 heavy (non-hydrogen) atoms. The molecule has 0 saturated carbocycles. The molecule has 0 spiro atoms. The van der Waals surface area contributed by atoms with Crippen LogP contribution in [0.4, 0.5) is 0 Å². The lowest BCUT2D eigenvalue weighted by Gasteiger charge is -2.19. The van der Waals surface area contributed by atoms with Crippen molar-refractivity contribution in [2.75, 3.05) is 20.1 Å².